The van der Waals surface area contributed by atoms with E-state index in [1.165, 1.54) is 4.90 Å². The van der Waals surface area contributed by atoms with Crippen molar-refractivity contribution in [2.75, 3.05) is 13.2 Å². The number of carbonyl (C=O) groups is 3. The lowest BCUT2D eigenvalue weighted by Crippen LogP contribution is -2.56. The quantitative estimate of drug-likeness (QED) is 0.693. The molecule has 174 valence electrons. The van der Waals surface area contributed by atoms with Crippen molar-refractivity contribution < 1.29 is 24.2 Å². The molecule has 0 aromatic heterocycles. The Labute approximate surface area is 193 Å². The number of carbonyl (C=O) groups excluding carboxylic acids is 2. The van der Waals surface area contributed by atoms with Crippen LogP contribution in [0.3, 0.4) is 0 Å². The number of fused-ring (bicyclic) bond motifs is 3. The number of amides is 2. The standard InChI is InChI=1S/C26H30N2O5/c1-3-22(24(29)28-13-12-16(2)14-23(28)25(30)31)27-26(32)33-15-21-19-10-6-4-8-17(19)18-9-5-7-11-20(18)21/h4-11,16,21-23H,3,12-15H2,1-2H3,(H,27,32)(H,30,31). The molecule has 2 aromatic carbocycles. The number of likely N-dealkylation sites (tertiary alicyclic amines) is 1. The lowest BCUT2D eigenvalue weighted by Gasteiger charge is -2.37. The molecule has 2 N–H and O–H groups in total. The number of piperidine rings is 1. The van der Waals surface area contributed by atoms with Crippen LogP contribution in [0.15, 0.2) is 48.5 Å². The predicted octanol–water partition coefficient (Wildman–Crippen LogP) is 4.02. The smallest absolute Gasteiger partial charge is 0.407 e. The first-order valence-corrected chi connectivity index (χ1v) is 11.6. The largest absolute Gasteiger partial charge is 0.480 e. The molecule has 0 spiro atoms. The molecule has 7 heteroatoms. The molecular formula is C26H30N2O5. The van der Waals surface area contributed by atoms with Crippen LogP contribution in [-0.4, -0.2) is 53.2 Å². The van der Waals surface area contributed by atoms with E-state index in [0.717, 1.165) is 28.7 Å². The van der Waals surface area contributed by atoms with Crippen LogP contribution in [0.4, 0.5) is 4.79 Å². The van der Waals surface area contributed by atoms with Gasteiger partial charge < -0.3 is 20.1 Å². The second-order valence-corrected chi connectivity index (χ2v) is 8.95. The van der Waals surface area contributed by atoms with E-state index >= 15 is 0 Å². The van der Waals surface area contributed by atoms with E-state index in [4.69, 9.17) is 4.74 Å². The summed E-state index contributed by atoms with van der Waals surface area (Å²) in [7, 11) is 0. The number of benzene rings is 2. The molecule has 1 aliphatic heterocycles. The van der Waals surface area contributed by atoms with Crippen LogP contribution in [0.1, 0.15) is 50.2 Å². The molecule has 1 fully saturated rings. The van der Waals surface area contributed by atoms with Gasteiger partial charge in [0.25, 0.3) is 0 Å². The summed E-state index contributed by atoms with van der Waals surface area (Å²) in [5.41, 5.74) is 4.51. The van der Waals surface area contributed by atoms with Gasteiger partial charge in [-0.3, -0.25) is 4.79 Å². The Kier molecular flexibility index (Phi) is 6.67. The monoisotopic (exact) mass is 450 g/mol. The third kappa shape index (κ3) is 4.58. The number of nitrogens with zero attached hydrogens (tertiary/aromatic N) is 1. The Morgan fingerprint density at radius 2 is 1.70 bits per heavy atom. The van der Waals surface area contributed by atoms with Gasteiger partial charge in [-0.2, -0.15) is 0 Å². The molecule has 7 nitrogen and oxygen atoms in total. The van der Waals surface area contributed by atoms with E-state index in [9.17, 15) is 19.5 Å². The Hall–Kier alpha value is -3.35. The van der Waals surface area contributed by atoms with Gasteiger partial charge in [0.1, 0.15) is 18.7 Å². The molecule has 4 rings (SSSR count). The second-order valence-electron chi connectivity index (χ2n) is 8.95. The van der Waals surface area contributed by atoms with Crippen molar-refractivity contribution in [3.63, 3.8) is 0 Å². The summed E-state index contributed by atoms with van der Waals surface area (Å²) in [5, 5.41) is 12.2. The first-order chi connectivity index (χ1) is 15.9. The molecule has 2 aliphatic rings. The molecule has 1 heterocycles. The SMILES string of the molecule is CCC(NC(=O)OCC1c2ccccc2-c2ccccc21)C(=O)N1CCC(C)CC1C(=O)O. The fourth-order valence-corrected chi connectivity index (χ4v) is 4.96. The van der Waals surface area contributed by atoms with Crippen molar-refractivity contribution in [3.05, 3.63) is 59.7 Å². The zero-order valence-electron chi connectivity index (χ0n) is 19.0. The van der Waals surface area contributed by atoms with Gasteiger partial charge in [0.05, 0.1) is 0 Å². The van der Waals surface area contributed by atoms with Crippen LogP contribution in [0.25, 0.3) is 11.1 Å². The molecule has 3 atom stereocenters. The summed E-state index contributed by atoms with van der Waals surface area (Å²) >= 11 is 0. The van der Waals surface area contributed by atoms with Crippen LogP contribution >= 0.6 is 0 Å². The van der Waals surface area contributed by atoms with Crippen LogP contribution in [-0.2, 0) is 14.3 Å². The van der Waals surface area contributed by atoms with Gasteiger partial charge in [0, 0.05) is 12.5 Å². The molecule has 0 saturated carbocycles. The highest BCUT2D eigenvalue weighted by atomic mass is 16.5. The molecule has 1 saturated heterocycles. The summed E-state index contributed by atoms with van der Waals surface area (Å²) < 4.78 is 5.56. The van der Waals surface area contributed by atoms with Crippen molar-refractivity contribution in [2.45, 2.75) is 51.1 Å². The zero-order chi connectivity index (χ0) is 23.5. The lowest BCUT2D eigenvalue weighted by molar-refractivity contribution is -0.153. The van der Waals surface area contributed by atoms with Gasteiger partial charge in [0.2, 0.25) is 5.91 Å². The summed E-state index contributed by atoms with van der Waals surface area (Å²) in [5.74, 6) is -1.21. The third-order valence-corrected chi connectivity index (χ3v) is 6.77. The first kappa shape index (κ1) is 22.8. The number of nitrogens with one attached hydrogen (secondary N) is 1. The number of hydrogen-bond donors (Lipinski definition) is 2. The maximum atomic E-state index is 13.1. The minimum Gasteiger partial charge on any atom is -0.480 e. The molecule has 0 radical (unpaired) electrons. The van der Waals surface area contributed by atoms with Gasteiger partial charge in [-0.1, -0.05) is 62.4 Å². The minimum absolute atomic E-state index is 0.0705. The molecule has 33 heavy (non-hydrogen) atoms. The van der Waals surface area contributed by atoms with Crippen LogP contribution in [0.2, 0.25) is 0 Å². The minimum atomic E-state index is -1.01. The Morgan fingerprint density at radius 3 is 2.27 bits per heavy atom. The maximum Gasteiger partial charge on any atom is 0.407 e. The number of rotatable bonds is 6. The van der Waals surface area contributed by atoms with E-state index in [-0.39, 0.29) is 24.3 Å². The summed E-state index contributed by atoms with van der Waals surface area (Å²) in [6.07, 6.45) is 0.843. The van der Waals surface area contributed by atoms with Gasteiger partial charge in [0.15, 0.2) is 0 Å². The zero-order valence-corrected chi connectivity index (χ0v) is 19.0. The number of alkyl carbamates (subject to hydrolysis) is 1. The fraction of sp³-hybridized carbons (Fsp3) is 0.423. The summed E-state index contributed by atoms with van der Waals surface area (Å²) in [6, 6.07) is 14.5. The molecule has 3 unspecified atom stereocenters. The molecule has 0 bridgehead atoms. The van der Waals surface area contributed by atoms with Crippen molar-refractivity contribution in [3.8, 4) is 11.1 Å². The maximum absolute atomic E-state index is 13.1. The molecule has 2 amide bonds. The van der Waals surface area contributed by atoms with Crippen LogP contribution in [0, 0.1) is 5.92 Å². The van der Waals surface area contributed by atoms with Gasteiger partial charge >= 0.3 is 12.1 Å². The number of carboxylic acids is 1. The Morgan fingerprint density at radius 1 is 1.09 bits per heavy atom. The Bertz CT molecular complexity index is 1010. The first-order valence-electron chi connectivity index (χ1n) is 11.6. The predicted molar refractivity (Wildman–Crippen MR) is 124 cm³/mol. The molecule has 2 aromatic rings. The molecular weight excluding hydrogens is 420 g/mol. The lowest BCUT2D eigenvalue weighted by atomic mass is 9.91. The van der Waals surface area contributed by atoms with Crippen molar-refractivity contribution in [1.82, 2.24) is 10.2 Å². The van der Waals surface area contributed by atoms with Crippen molar-refractivity contribution in [1.29, 1.82) is 0 Å². The Balaban J connectivity index is 1.41. The highest BCUT2D eigenvalue weighted by molar-refractivity contribution is 5.89. The number of hydrogen-bond acceptors (Lipinski definition) is 4. The van der Waals surface area contributed by atoms with Crippen molar-refractivity contribution >= 4 is 18.0 Å². The second kappa shape index (κ2) is 9.65. The highest BCUT2D eigenvalue weighted by Crippen LogP contribution is 2.44. The van der Waals surface area contributed by atoms with E-state index < -0.39 is 24.1 Å². The van der Waals surface area contributed by atoms with Crippen LogP contribution in [0.5, 0.6) is 0 Å². The highest BCUT2D eigenvalue weighted by Gasteiger charge is 2.38. The van der Waals surface area contributed by atoms with E-state index in [1.54, 1.807) is 6.92 Å². The number of ether oxygens (including phenoxy) is 1. The summed E-state index contributed by atoms with van der Waals surface area (Å²) in [6.45, 7) is 4.31. The van der Waals surface area contributed by atoms with E-state index in [0.29, 0.717) is 19.4 Å². The van der Waals surface area contributed by atoms with Crippen LogP contribution < -0.4 is 5.32 Å². The fourth-order valence-electron chi connectivity index (χ4n) is 4.96. The van der Waals surface area contributed by atoms with Crippen molar-refractivity contribution in [2.24, 2.45) is 5.92 Å². The van der Waals surface area contributed by atoms with E-state index in [1.807, 2.05) is 43.3 Å². The van der Waals surface area contributed by atoms with Gasteiger partial charge in [-0.15, -0.1) is 0 Å². The average molecular weight is 451 g/mol. The average Bonchev–Trinajstić information content (AvgIpc) is 3.14. The molecule has 1 aliphatic carbocycles. The van der Waals surface area contributed by atoms with Gasteiger partial charge in [-0.25, -0.2) is 9.59 Å². The van der Waals surface area contributed by atoms with Gasteiger partial charge in [-0.05, 0) is 47.4 Å². The third-order valence-electron chi connectivity index (χ3n) is 6.77. The number of carboxylic acid groups (broad SMARTS) is 1. The topological polar surface area (TPSA) is 95.9 Å². The normalized spacial score (nSPS) is 20.5. The van der Waals surface area contributed by atoms with E-state index in [2.05, 4.69) is 17.4 Å². The summed E-state index contributed by atoms with van der Waals surface area (Å²) in [4.78, 5) is 38.8. The number of aliphatic carboxylic acids is 1.